The Bertz CT molecular complexity index is 869. The van der Waals surface area contributed by atoms with Crippen molar-refractivity contribution >= 4 is 23.2 Å². The van der Waals surface area contributed by atoms with Crippen LogP contribution in [0, 0.1) is 0 Å². The fourth-order valence-electron chi connectivity index (χ4n) is 2.83. The lowest BCUT2D eigenvalue weighted by molar-refractivity contribution is 0.104. The van der Waals surface area contributed by atoms with E-state index in [2.05, 4.69) is 22.9 Å². The number of benzene rings is 2. The first-order valence-electron chi connectivity index (χ1n) is 10.4. The third-order valence-electron chi connectivity index (χ3n) is 4.57. The van der Waals surface area contributed by atoms with Gasteiger partial charge >= 0.3 is 0 Å². The Morgan fingerprint density at radius 1 is 1.13 bits per heavy atom. The summed E-state index contributed by atoms with van der Waals surface area (Å²) in [7, 11) is 3.42. The number of hydrogen-bond acceptors (Lipinski definition) is 7. The first-order chi connectivity index (χ1) is 15.0. The van der Waals surface area contributed by atoms with Crippen LogP contribution in [0.5, 0.6) is 11.5 Å². The topological polar surface area (TPSA) is 71.6 Å². The van der Waals surface area contributed by atoms with Crippen molar-refractivity contribution < 1.29 is 14.3 Å². The van der Waals surface area contributed by atoms with Gasteiger partial charge in [-0.25, -0.2) is 0 Å². The first kappa shape index (κ1) is 24.6. The number of thioether (sulfide) groups is 1. The van der Waals surface area contributed by atoms with Gasteiger partial charge in [-0.15, -0.1) is 0 Å². The minimum absolute atomic E-state index is 0.0200. The van der Waals surface area contributed by atoms with E-state index in [0.29, 0.717) is 22.8 Å². The summed E-state index contributed by atoms with van der Waals surface area (Å²) in [5.41, 5.74) is 2.40. The third-order valence-corrected chi connectivity index (χ3v) is 5.77. The number of hydrogen-bond donors (Lipinski definition) is 3. The van der Waals surface area contributed by atoms with E-state index in [-0.39, 0.29) is 11.2 Å². The number of likely N-dealkylation sites (N-methyl/N-ethyl adjacent to an activating group) is 1. The molecule has 1 unspecified atom stereocenters. The molecule has 0 radical (unpaired) electrons. The van der Waals surface area contributed by atoms with Crippen molar-refractivity contribution in [1.82, 2.24) is 10.6 Å². The van der Waals surface area contributed by atoms with Crippen molar-refractivity contribution in [2.75, 3.05) is 39.2 Å². The molecule has 0 aliphatic carbocycles. The molecule has 0 heterocycles. The maximum atomic E-state index is 13.2. The molecule has 1 atom stereocenters. The van der Waals surface area contributed by atoms with E-state index in [0.717, 1.165) is 30.2 Å². The number of carbonyl (C=O) groups is 1. The van der Waals surface area contributed by atoms with Gasteiger partial charge in [-0.3, -0.25) is 4.79 Å². The van der Waals surface area contributed by atoms with Gasteiger partial charge in [0.25, 0.3) is 0 Å². The van der Waals surface area contributed by atoms with Gasteiger partial charge in [0.15, 0.2) is 0 Å². The second kappa shape index (κ2) is 12.9. The number of ether oxygens (including phenoxy) is 2. The molecule has 2 rings (SSSR count). The van der Waals surface area contributed by atoms with Crippen LogP contribution >= 0.6 is 11.8 Å². The van der Waals surface area contributed by atoms with Gasteiger partial charge < -0.3 is 25.4 Å². The lowest BCUT2D eigenvalue weighted by Gasteiger charge is -2.19. The van der Waals surface area contributed by atoms with E-state index in [1.54, 1.807) is 19.2 Å². The van der Waals surface area contributed by atoms with Crippen LogP contribution in [-0.2, 0) is 0 Å². The number of ketones is 1. The van der Waals surface area contributed by atoms with E-state index in [1.807, 2.05) is 57.3 Å². The highest BCUT2D eigenvalue weighted by atomic mass is 32.2. The number of anilines is 1. The Labute approximate surface area is 189 Å². The molecule has 0 spiro atoms. The summed E-state index contributed by atoms with van der Waals surface area (Å²) in [5.74, 6) is 1.47. The molecule has 0 saturated heterocycles. The smallest absolute Gasteiger partial charge is 0.201 e. The van der Waals surface area contributed by atoms with Crippen molar-refractivity contribution in [2.45, 2.75) is 26.1 Å². The number of nitrogens with one attached hydrogen (secondary N) is 3. The van der Waals surface area contributed by atoms with Crippen molar-refractivity contribution in [3.05, 3.63) is 64.7 Å². The van der Waals surface area contributed by atoms with Crippen molar-refractivity contribution in [2.24, 2.45) is 0 Å². The molecule has 0 aliphatic heterocycles. The molecule has 0 saturated carbocycles. The summed E-state index contributed by atoms with van der Waals surface area (Å²) >= 11 is 1.49. The highest BCUT2D eigenvalue weighted by molar-refractivity contribution is 8.04. The molecule has 0 aromatic heterocycles. The summed E-state index contributed by atoms with van der Waals surface area (Å²) in [6.45, 7) is 8.41. The fraction of sp³-hybridized carbons (Fsp3) is 0.375. The van der Waals surface area contributed by atoms with E-state index in [1.165, 1.54) is 11.8 Å². The molecular formula is C24H33N3O3S. The molecule has 2 aromatic carbocycles. The summed E-state index contributed by atoms with van der Waals surface area (Å²) in [4.78, 5) is 13.8. The van der Waals surface area contributed by atoms with Gasteiger partial charge in [0.1, 0.15) is 18.1 Å². The molecule has 0 fully saturated rings. The first-order valence-corrected chi connectivity index (χ1v) is 11.3. The quantitative estimate of drug-likeness (QED) is 0.182. The van der Waals surface area contributed by atoms with Gasteiger partial charge in [-0.2, -0.15) is 0 Å². The minimum Gasteiger partial charge on any atom is -0.497 e. The predicted octanol–water partition coefficient (Wildman–Crippen LogP) is 4.51. The van der Waals surface area contributed by atoms with E-state index in [4.69, 9.17) is 9.47 Å². The molecule has 6 nitrogen and oxygen atoms in total. The van der Waals surface area contributed by atoms with Crippen LogP contribution in [0.2, 0.25) is 0 Å². The highest BCUT2D eigenvalue weighted by Crippen LogP contribution is 2.30. The molecule has 7 heteroatoms. The lowest BCUT2D eigenvalue weighted by atomic mass is 10.1. The zero-order valence-corrected chi connectivity index (χ0v) is 19.8. The summed E-state index contributed by atoms with van der Waals surface area (Å²) in [6.07, 6.45) is 0. The van der Waals surface area contributed by atoms with Gasteiger partial charge in [0, 0.05) is 30.5 Å². The van der Waals surface area contributed by atoms with Gasteiger partial charge in [0.05, 0.1) is 17.4 Å². The zero-order chi connectivity index (χ0) is 22.6. The second-order valence-electron chi connectivity index (χ2n) is 6.90. The molecule has 0 amide bonds. The van der Waals surface area contributed by atoms with Crippen LogP contribution in [0.1, 0.15) is 31.1 Å². The zero-order valence-electron chi connectivity index (χ0n) is 19.0. The molecule has 2 aromatic rings. The Hall–Kier alpha value is -2.64. The third kappa shape index (κ3) is 7.84. The average Bonchev–Trinajstić information content (AvgIpc) is 2.80. The predicted molar refractivity (Wildman–Crippen MR) is 130 cm³/mol. The molecular weight excluding hydrogens is 410 g/mol. The standard InChI is InChI=1S/C24H33N3O3S/c1-6-26-14-15-30-21-12-10-20(11-13-21)27-18(3)31-24(17(2)25-4)23(28)19-8-7-9-22(16-19)29-5/h7-13,16,18,25-27H,6,14-15H2,1-5H3/b24-17+. The van der Waals surface area contributed by atoms with Crippen LogP contribution in [-0.4, -0.2) is 45.0 Å². The normalized spacial score (nSPS) is 12.5. The Kier molecular flexibility index (Phi) is 10.3. The van der Waals surface area contributed by atoms with Crippen LogP contribution in [0.4, 0.5) is 5.69 Å². The minimum atomic E-state index is -0.0335. The van der Waals surface area contributed by atoms with Crippen molar-refractivity contribution in [3.63, 3.8) is 0 Å². The van der Waals surface area contributed by atoms with E-state index < -0.39 is 0 Å². The lowest BCUT2D eigenvalue weighted by Crippen LogP contribution is -2.20. The number of carbonyl (C=O) groups excluding carboxylic acids is 1. The summed E-state index contributed by atoms with van der Waals surface area (Å²) < 4.78 is 11.0. The Morgan fingerprint density at radius 2 is 1.87 bits per heavy atom. The average molecular weight is 444 g/mol. The summed E-state index contributed by atoms with van der Waals surface area (Å²) in [6, 6.07) is 15.1. The fourth-order valence-corrected chi connectivity index (χ4v) is 3.88. The monoisotopic (exact) mass is 443 g/mol. The number of Topliss-reactive ketones (excluding diaryl/α,β-unsaturated/α-hetero) is 1. The maximum absolute atomic E-state index is 13.2. The van der Waals surface area contributed by atoms with Gasteiger partial charge in [-0.05, 0) is 56.8 Å². The largest absolute Gasteiger partial charge is 0.497 e. The van der Waals surface area contributed by atoms with Crippen LogP contribution in [0.3, 0.4) is 0 Å². The van der Waals surface area contributed by atoms with Crippen LogP contribution in [0.15, 0.2) is 59.1 Å². The Balaban J connectivity index is 2.03. The molecule has 0 aliphatic rings. The molecule has 0 bridgehead atoms. The van der Waals surface area contributed by atoms with Crippen LogP contribution in [0.25, 0.3) is 0 Å². The van der Waals surface area contributed by atoms with E-state index in [9.17, 15) is 4.79 Å². The number of methoxy groups -OCH3 is 1. The Morgan fingerprint density at radius 3 is 2.52 bits per heavy atom. The molecule has 168 valence electrons. The number of rotatable bonds is 13. The molecule has 31 heavy (non-hydrogen) atoms. The maximum Gasteiger partial charge on any atom is 0.201 e. The van der Waals surface area contributed by atoms with Gasteiger partial charge in [0.2, 0.25) is 5.78 Å². The van der Waals surface area contributed by atoms with Crippen molar-refractivity contribution in [1.29, 1.82) is 0 Å². The SMILES string of the molecule is CCNCCOc1ccc(NC(C)S/C(C(=O)c2cccc(OC)c2)=C(\C)NC)cc1. The number of allylic oxidation sites excluding steroid dienone is 2. The summed E-state index contributed by atoms with van der Waals surface area (Å²) in [5, 5.41) is 9.76. The second-order valence-corrected chi connectivity index (χ2v) is 8.25. The van der Waals surface area contributed by atoms with Gasteiger partial charge in [-0.1, -0.05) is 30.8 Å². The van der Waals surface area contributed by atoms with Crippen LogP contribution < -0.4 is 25.4 Å². The van der Waals surface area contributed by atoms with E-state index >= 15 is 0 Å². The molecule has 3 N–H and O–H groups in total. The van der Waals surface area contributed by atoms with Crippen molar-refractivity contribution in [3.8, 4) is 11.5 Å². The highest BCUT2D eigenvalue weighted by Gasteiger charge is 2.19.